The summed E-state index contributed by atoms with van der Waals surface area (Å²) < 4.78 is 0. The Kier molecular flexibility index (Phi) is 5.58. The molecule has 1 rings (SSSR count). The van der Waals surface area contributed by atoms with Gasteiger partial charge in [0.25, 0.3) is 0 Å². The molecule has 0 unspecified atom stereocenters. The topological polar surface area (TPSA) is 46.2 Å². The lowest BCUT2D eigenvalue weighted by Gasteiger charge is -2.15. The molecule has 0 saturated heterocycles. The predicted molar refractivity (Wildman–Crippen MR) is 61.9 cm³/mol. The number of phenols is 1. The first-order valence-electron chi connectivity index (χ1n) is 4.63. The smallest absolute Gasteiger partial charge is 0.115 e. The molecule has 80 valence electrons. The van der Waals surface area contributed by atoms with Crippen LogP contribution in [0.1, 0.15) is 19.4 Å². The van der Waals surface area contributed by atoms with Gasteiger partial charge in [0.2, 0.25) is 0 Å². The first-order chi connectivity index (χ1) is 6.09. The van der Waals surface area contributed by atoms with Gasteiger partial charge in [-0.3, -0.25) is 0 Å². The van der Waals surface area contributed by atoms with E-state index in [-0.39, 0.29) is 18.4 Å². The van der Waals surface area contributed by atoms with Crippen LogP contribution in [0.25, 0.3) is 0 Å². The Morgan fingerprint density at radius 3 is 2.14 bits per heavy atom. The second-order valence-corrected chi connectivity index (χ2v) is 3.78. The Labute approximate surface area is 91.5 Å². The molecule has 0 aliphatic heterocycles. The fraction of sp³-hybridized carbons (Fsp3) is 0.455. The number of hydrogen-bond acceptors (Lipinski definition) is 2. The highest BCUT2D eigenvalue weighted by molar-refractivity contribution is 5.85. The van der Waals surface area contributed by atoms with Gasteiger partial charge in [-0.05, 0) is 30.0 Å². The molecule has 2 nitrogen and oxygen atoms in total. The van der Waals surface area contributed by atoms with Crippen molar-refractivity contribution in [3.05, 3.63) is 29.8 Å². The molecular weight excluding hydrogens is 198 g/mol. The molecule has 3 heteroatoms. The van der Waals surface area contributed by atoms with Crippen LogP contribution < -0.4 is 5.73 Å². The molecule has 0 aliphatic carbocycles. The minimum Gasteiger partial charge on any atom is -0.508 e. The summed E-state index contributed by atoms with van der Waals surface area (Å²) in [6.45, 7) is 4.23. The molecule has 1 aromatic rings. The largest absolute Gasteiger partial charge is 0.508 e. The van der Waals surface area contributed by atoms with Gasteiger partial charge in [0, 0.05) is 6.04 Å². The third kappa shape index (κ3) is 3.99. The Bertz CT molecular complexity index is 258. The number of phenolic OH excluding ortho intramolecular Hbond substituents is 1. The van der Waals surface area contributed by atoms with Crippen molar-refractivity contribution in [2.24, 2.45) is 11.7 Å². The van der Waals surface area contributed by atoms with Gasteiger partial charge in [0.05, 0.1) is 0 Å². The second kappa shape index (κ2) is 5.89. The average molecular weight is 216 g/mol. The summed E-state index contributed by atoms with van der Waals surface area (Å²) in [6.07, 6.45) is 0.873. The van der Waals surface area contributed by atoms with E-state index in [1.807, 2.05) is 12.1 Å². The standard InChI is InChI=1S/C11H17NO.ClH/c1-8(2)11(12)7-9-3-5-10(13)6-4-9;/h3-6,8,11,13H,7,12H2,1-2H3;1H/t11-;/m0./s1. The van der Waals surface area contributed by atoms with E-state index in [9.17, 15) is 0 Å². The Morgan fingerprint density at radius 1 is 1.21 bits per heavy atom. The molecule has 0 fully saturated rings. The van der Waals surface area contributed by atoms with E-state index in [1.54, 1.807) is 12.1 Å². The van der Waals surface area contributed by atoms with Gasteiger partial charge in [-0.15, -0.1) is 12.4 Å². The summed E-state index contributed by atoms with van der Waals surface area (Å²) >= 11 is 0. The van der Waals surface area contributed by atoms with Crippen LogP contribution in [0.3, 0.4) is 0 Å². The van der Waals surface area contributed by atoms with E-state index in [0.29, 0.717) is 11.7 Å². The van der Waals surface area contributed by atoms with Gasteiger partial charge in [0.1, 0.15) is 5.75 Å². The minimum atomic E-state index is 0. The lowest BCUT2D eigenvalue weighted by Crippen LogP contribution is -2.28. The molecule has 0 heterocycles. The van der Waals surface area contributed by atoms with Crippen LogP contribution >= 0.6 is 12.4 Å². The molecule has 0 saturated carbocycles. The summed E-state index contributed by atoms with van der Waals surface area (Å²) in [6, 6.07) is 7.42. The van der Waals surface area contributed by atoms with Crippen molar-refractivity contribution in [2.45, 2.75) is 26.3 Å². The SMILES string of the molecule is CC(C)[C@@H](N)Cc1ccc(O)cc1.Cl. The monoisotopic (exact) mass is 215 g/mol. The molecule has 1 aromatic carbocycles. The molecule has 0 aromatic heterocycles. The van der Waals surface area contributed by atoms with Crippen molar-refractivity contribution < 1.29 is 5.11 Å². The van der Waals surface area contributed by atoms with Crippen molar-refractivity contribution in [1.29, 1.82) is 0 Å². The quantitative estimate of drug-likeness (QED) is 0.813. The highest BCUT2D eigenvalue weighted by Crippen LogP contribution is 2.12. The molecule has 3 N–H and O–H groups in total. The zero-order chi connectivity index (χ0) is 9.84. The summed E-state index contributed by atoms with van der Waals surface area (Å²) in [5.74, 6) is 0.802. The van der Waals surface area contributed by atoms with Crippen LogP contribution in [0.5, 0.6) is 5.75 Å². The summed E-state index contributed by atoms with van der Waals surface area (Å²) in [5.41, 5.74) is 7.10. The predicted octanol–water partition coefficient (Wildman–Crippen LogP) is 2.34. The van der Waals surface area contributed by atoms with Gasteiger partial charge in [-0.1, -0.05) is 26.0 Å². The number of aromatic hydroxyl groups is 1. The van der Waals surface area contributed by atoms with Crippen molar-refractivity contribution in [1.82, 2.24) is 0 Å². The number of rotatable bonds is 3. The van der Waals surface area contributed by atoms with Gasteiger partial charge < -0.3 is 10.8 Å². The number of benzene rings is 1. The number of hydrogen-bond donors (Lipinski definition) is 2. The molecule has 0 bridgehead atoms. The van der Waals surface area contributed by atoms with E-state index in [2.05, 4.69) is 13.8 Å². The van der Waals surface area contributed by atoms with Crippen LogP contribution in [0, 0.1) is 5.92 Å². The molecule has 1 atom stereocenters. The Balaban J connectivity index is 0.00000169. The highest BCUT2D eigenvalue weighted by Gasteiger charge is 2.07. The molecule has 0 amide bonds. The molecule has 14 heavy (non-hydrogen) atoms. The molecule has 0 radical (unpaired) electrons. The number of nitrogens with two attached hydrogens (primary N) is 1. The van der Waals surface area contributed by atoms with Crippen LogP contribution in [0.4, 0.5) is 0 Å². The maximum atomic E-state index is 9.07. The van der Waals surface area contributed by atoms with E-state index in [0.717, 1.165) is 6.42 Å². The van der Waals surface area contributed by atoms with E-state index in [1.165, 1.54) is 5.56 Å². The lowest BCUT2D eigenvalue weighted by atomic mass is 9.97. The summed E-state index contributed by atoms with van der Waals surface area (Å²) in [7, 11) is 0. The zero-order valence-electron chi connectivity index (χ0n) is 8.60. The van der Waals surface area contributed by atoms with Crippen LogP contribution in [0.2, 0.25) is 0 Å². The Morgan fingerprint density at radius 2 is 1.71 bits per heavy atom. The first-order valence-corrected chi connectivity index (χ1v) is 4.63. The molecular formula is C11H18ClNO. The maximum absolute atomic E-state index is 9.07. The third-order valence-electron chi connectivity index (χ3n) is 2.26. The van der Waals surface area contributed by atoms with Gasteiger partial charge >= 0.3 is 0 Å². The van der Waals surface area contributed by atoms with E-state index >= 15 is 0 Å². The molecule has 0 spiro atoms. The summed E-state index contributed by atoms with van der Waals surface area (Å²) in [5, 5.41) is 9.07. The van der Waals surface area contributed by atoms with Crippen molar-refractivity contribution >= 4 is 12.4 Å². The second-order valence-electron chi connectivity index (χ2n) is 3.78. The van der Waals surface area contributed by atoms with Crippen molar-refractivity contribution in [2.75, 3.05) is 0 Å². The van der Waals surface area contributed by atoms with Gasteiger partial charge in [0.15, 0.2) is 0 Å². The summed E-state index contributed by atoms with van der Waals surface area (Å²) in [4.78, 5) is 0. The highest BCUT2D eigenvalue weighted by atomic mass is 35.5. The van der Waals surface area contributed by atoms with Crippen molar-refractivity contribution in [3.8, 4) is 5.75 Å². The lowest BCUT2D eigenvalue weighted by molar-refractivity contribution is 0.473. The van der Waals surface area contributed by atoms with Gasteiger partial charge in [-0.25, -0.2) is 0 Å². The fourth-order valence-electron chi connectivity index (χ4n) is 1.14. The fourth-order valence-corrected chi connectivity index (χ4v) is 1.14. The minimum absolute atomic E-state index is 0. The maximum Gasteiger partial charge on any atom is 0.115 e. The van der Waals surface area contributed by atoms with Crippen LogP contribution in [0.15, 0.2) is 24.3 Å². The van der Waals surface area contributed by atoms with Gasteiger partial charge in [-0.2, -0.15) is 0 Å². The Hall–Kier alpha value is -0.730. The number of halogens is 1. The third-order valence-corrected chi connectivity index (χ3v) is 2.26. The van der Waals surface area contributed by atoms with E-state index < -0.39 is 0 Å². The first kappa shape index (κ1) is 13.3. The normalized spacial score (nSPS) is 12.3. The van der Waals surface area contributed by atoms with Crippen LogP contribution in [-0.4, -0.2) is 11.1 Å². The molecule has 0 aliphatic rings. The zero-order valence-corrected chi connectivity index (χ0v) is 9.42. The average Bonchev–Trinajstić information content (AvgIpc) is 2.08. The van der Waals surface area contributed by atoms with Crippen molar-refractivity contribution in [3.63, 3.8) is 0 Å². The van der Waals surface area contributed by atoms with Crippen LogP contribution in [-0.2, 0) is 6.42 Å². The van der Waals surface area contributed by atoms with E-state index in [4.69, 9.17) is 10.8 Å².